The summed E-state index contributed by atoms with van der Waals surface area (Å²) in [5.74, 6) is -6.51. The van der Waals surface area contributed by atoms with Crippen LogP contribution in [0.5, 0.6) is 0 Å². The van der Waals surface area contributed by atoms with E-state index in [-0.39, 0.29) is 68.7 Å². The van der Waals surface area contributed by atoms with Crippen LogP contribution in [0.2, 0.25) is 0 Å². The van der Waals surface area contributed by atoms with Gasteiger partial charge in [0.2, 0.25) is 35.4 Å². The van der Waals surface area contributed by atoms with Crippen molar-refractivity contribution in [2.24, 2.45) is 35.8 Å². The fourth-order valence-corrected chi connectivity index (χ4v) is 9.60. The summed E-state index contributed by atoms with van der Waals surface area (Å²) in [5, 5.41) is 42.4. The third kappa shape index (κ3) is 21.8. The Hall–Kier alpha value is -8.06. The van der Waals surface area contributed by atoms with Crippen molar-refractivity contribution >= 4 is 76.1 Å². The van der Waals surface area contributed by atoms with Gasteiger partial charge in [-0.25, -0.2) is 19.2 Å². The number of rotatable bonds is 33. The molecule has 1 heterocycles. The number of anilines is 1. The predicted octanol–water partition coefficient (Wildman–Crippen LogP) is 3.87. The monoisotopic (exact) mass is 1190 g/mol. The molecule has 1 aromatic heterocycles. The minimum absolute atomic E-state index is 0.0216. The van der Waals surface area contributed by atoms with E-state index in [9.17, 15) is 58.2 Å². The van der Waals surface area contributed by atoms with E-state index >= 15 is 0 Å². The molecule has 0 saturated heterocycles. The van der Waals surface area contributed by atoms with Crippen LogP contribution in [0.4, 0.5) is 15.3 Å². The highest BCUT2D eigenvalue weighted by molar-refractivity contribution is 5.98. The van der Waals surface area contributed by atoms with Crippen molar-refractivity contribution in [3.63, 3.8) is 0 Å². The molecule has 0 bridgehead atoms. The zero-order valence-corrected chi connectivity index (χ0v) is 51.5. The van der Waals surface area contributed by atoms with Crippen LogP contribution in [0.15, 0.2) is 66.4 Å². The standard InChI is InChI=1S/C60H92N12O13/c1-34(2)45(72(13)54(78)49(59(6,7)8)70-53(77)48(63-11)60(9,10)40-32-71(12)44-22-15-14-19-39(40)44)31-36(5)50(74)69-43(56(81)82)27-28-46(73)67-42(55(79)80)20-16-17-29-65-58(84)85-33-37-23-25-38(26-24-37)66-51(75)41(21-18-30-64-57(62)83)68-52(76)47(61)35(3)4/h14-15,19,22-26,31-32,34-35,41-43,45,47-49,63H,16-18,20-21,27-30,33,61H2,1-13H3,(H,65,84)(H,66,75)(H,67,73)(H,68,76)(H,69,74)(H,70,77)(H,79,80)(H,81,82)(H3,62,64,83)/b36-31+/t41-,42+,43+,45+,47-,48+,49+/m0/s1. The second kappa shape index (κ2) is 32.9. The minimum atomic E-state index is -1.54. The first-order valence-electron chi connectivity index (χ1n) is 28.6. The lowest BCUT2D eigenvalue weighted by atomic mass is 9.76. The van der Waals surface area contributed by atoms with E-state index < -0.39 is 113 Å². The summed E-state index contributed by atoms with van der Waals surface area (Å²) in [6.07, 6.45) is 3.08. The number of benzene rings is 2. The molecule has 0 saturated carbocycles. The maximum absolute atomic E-state index is 14.5. The number of hydrogen-bond acceptors (Lipinski definition) is 13. The Bertz CT molecular complexity index is 2840. The normalized spacial score (nSPS) is 14.4. The van der Waals surface area contributed by atoms with Crippen molar-refractivity contribution in [3.05, 3.63) is 77.5 Å². The summed E-state index contributed by atoms with van der Waals surface area (Å²) in [6.45, 7) is 18.4. The summed E-state index contributed by atoms with van der Waals surface area (Å²) in [7, 11) is 5.23. The van der Waals surface area contributed by atoms with E-state index in [1.54, 1.807) is 58.3 Å². The van der Waals surface area contributed by atoms with Crippen molar-refractivity contribution in [2.45, 2.75) is 168 Å². The number of carboxylic acid groups (broad SMARTS) is 2. The number of aliphatic carboxylic acids is 2. The molecule has 0 fully saturated rings. The number of amides is 9. The number of alkyl carbamates (subject to hydrolysis) is 1. The van der Waals surface area contributed by atoms with E-state index in [2.05, 4.69) is 42.5 Å². The number of urea groups is 1. The van der Waals surface area contributed by atoms with E-state index in [1.165, 1.54) is 11.8 Å². The van der Waals surface area contributed by atoms with Gasteiger partial charge in [-0.2, -0.15) is 0 Å². The molecule has 25 nitrogen and oxygen atoms in total. The number of para-hydroxylation sites is 1. The van der Waals surface area contributed by atoms with Crippen LogP contribution in [-0.4, -0.2) is 149 Å². The lowest BCUT2D eigenvalue weighted by molar-refractivity contribution is -0.143. The van der Waals surface area contributed by atoms with Gasteiger partial charge < -0.3 is 78.4 Å². The minimum Gasteiger partial charge on any atom is -0.480 e. The molecular formula is C60H92N12O13. The molecule has 3 rings (SSSR count). The SMILES string of the molecule is CN[C@H](C(=O)N[C@H](C(=O)N(C)[C@H](/C=C(\C)C(=O)N[C@H](CCC(=O)N[C@H](CCCCNC(=O)OCc1ccc(NC(=O)[C@H](CCCNC(N)=O)NC(=O)[C@@H](N)C(C)C)cc1)C(=O)O)C(=O)O)C(C)C)C(C)(C)C)C(C)(C)c1cn(C)c2ccccc12. The van der Waals surface area contributed by atoms with Gasteiger partial charge in [0.1, 0.15) is 30.8 Å². The first-order valence-corrected chi connectivity index (χ1v) is 28.6. The molecule has 7 atom stereocenters. The van der Waals surface area contributed by atoms with Gasteiger partial charge in [-0.1, -0.05) is 98.7 Å². The molecular weight excluding hydrogens is 1100 g/mol. The van der Waals surface area contributed by atoms with Crippen LogP contribution in [0, 0.1) is 17.3 Å². The lowest BCUT2D eigenvalue weighted by Crippen LogP contribution is -2.61. The highest BCUT2D eigenvalue weighted by Gasteiger charge is 2.43. The molecule has 25 heteroatoms. The molecule has 2 aromatic carbocycles. The molecule has 85 heavy (non-hydrogen) atoms. The van der Waals surface area contributed by atoms with Gasteiger partial charge >= 0.3 is 24.1 Å². The van der Waals surface area contributed by atoms with Crippen LogP contribution in [-0.2, 0) is 62.2 Å². The van der Waals surface area contributed by atoms with Crippen molar-refractivity contribution in [2.75, 3.05) is 32.5 Å². The fraction of sp³-hybridized carbons (Fsp3) is 0.567. The number of primary amides is 1. The van der Waals surface area contributed by atoms with E-state index in [1.807, 2.05) is 90.5 Å². The number of aryl methyl sites for hydroxylation is 1. The summed E-state index contributed by atoms with van der Waals surface area (Å²) in [6, 6.07) is 6.52. The van der Waals surface area contributed by atoms with Crippen LogP contribution in [0.1, 0.15) is 125 Å². The second-order valence-corrected chi connectivity index (χ2v) is 23.8. The van der Waals surface area contributed by atoms with Gasteiger partial charge in [0.05, 0.1) is 18.1 Å². The Kier molecular flexibility index (Phi) is 27.5. The maximum Gasteiger partial charge on any atom is 0.407 e. The smallest absolute Gasteiger partial charge is 0.407 e. The van der Waals surface area contributed by atoms with Gasteiger partial charge in [0.15, 0.2) is 0 Å². The van der Waals surface area contributed by atoms with Crippen molar-refractivity contribution < 1.29 is 62.9 Å². The van der Waals surface area contributed by atoms with Gasteiger partial charge in [-0.15, -0.1) is 0 Å². The number of hydrogen-bond donors (Lipinski definition) is 12. The number of unbranched alkanes of at least 4 members (excludes halogenated alkanes) is 1. The number of carboxylic acids is 2. The summed E-state index contributed by atoms with van der Waals surface area (Å²) < 4.78 is 7.30. The Labute approximate surface area is 498 Å². The van der Waals surface area contributed by atoms with Gasteiger partial charge in [0, 0.05) is 67.4 Å². The van der Waals surface area contributed by atoms with Crippen molar-refractivity contribution in [3.8, 4) is 0 Å². The third-order valence-electron chi connectivity index (χ3n) is 14.8. The number of carbonyl (C=O) groups excluding carboxylic acids is 8. The van der Waals surface area contributed by atoms with E-state index in [4.69, 9.17) is 16.2 Å². The maximum atomic E-state index is 14.5. The topological polar surface area (TPSA) is 377 Å². The van der Waals surface area contributed by atoms with Crippen LogP contribution in [0.25, 0.3) is 10.9 Å². The number of likely N-dealkylation sites (N-methyl/N-ethyl adjacent to an activating group) is 2. The number of nitrogens with one attached hydrogen (secondary N) is 8. The average Bonchev–Trinajstić information content (AvgIpc) is 1.92. The molecule has 9 amide bonds. The van der Waals surface area contributed by atoms with Gasteiger partial charge in [-0.05, 0) is 99.1 Å². The molecule has 0 unspecified atom stereocenters. The van der Waals surface area contributed by atoms with Gasteiger partial charge in [-0.3, -0.25) is 28.8 Å². The number of nitrogens with zero attached hydrogens (tertiary/aromatic N) is 2. The van der Waals surface area contributed by atoms with E-state index in [0.29, 0.717) is 24.1 Å². The summed E-state index contributed by atoms with van der Waals surface area (Å²) in [4.78, 5) is 131. The van der Waals surface area contributed by atoms with Crippen LogP contribution < -0.4 is 54.0 Å². The van der Waals surface area contributed by atoms with Crippen molar-refractivity contribution in [1.29, 1.82) is 0 Å². The zero-order valence-electron chi connectivity index (χ0n) is 51.5. The Morgan fingerprint density at radius 2 is 1.32 bits per heavy atom. The first kappa shape index (κ1) is 71.2. The number of nitrogens with two attached hydrogens (primary N) is 2. The molecule has 3 aromatic rings. The lowest BCUT2D eigenvalue weighted by Gasteiger charge is -2.39. The molecule has 470 valence electrons. The zero-order chi connectivity index (χ0) is 64.1. The largest absolute Gasteiger partial charge is 0.480 e. The molecule has 0 radical (unpaired) electrons. The van der Waals surface area contributed by atoms with E-state index in [0.717, 1.165) is 16.5 Å². The molecule has 0 aliphatic heterocycles. The number of fused-ring (bicyclic) bond motifs is 1. The Balaban J connectivity index is 1.51. The van der Waals surface area contributed by atoms with Gasteiger partial charge in [0.25, 0.3) is 0 Å². The highest BCUT2D eigenvalue weighted by Crippen LogP contribution is 2.35. The molecule has 0 aliphatic carbocycles. The van der Waals surface area contributed by atoms with Crippen molar-refractivity contribution in [1.82, 2.24) is 46.7 Å². The second-order valence-electron chi connectivity index (χ2n) is 23.8. The number of carbonyl (C=O) groups is 10. The first-order chi connectivity index (χ1) is 39.7. The quantitative estimate of drug-likeness (QED) is 0.0304. The molecule has 0 spiro atoms. The molecule has 0 aliphatic rings. The van der Waals surface area contributed by atoms with Crippen LogP contribution >= 0.6 is 0 Å². The summed E-state index contributed by atoms with van der Waals surface area (Å²) in [5.41, 5.74) is 12.6. The third-order valence-corrected chi connectivity index (χ3v) is 14.8. The Morgan fingerprint density at radius 3 is 1.89 bits per heavy atom. The number of aromatic nitrogens is 1. The highest BCUT2D eigenvalue weighted by atomic mass is 16.5. The fourth-order valence-electron chi connectivity index (χ4n) is 9.60. The Morgan fingerprint density at radius 1 is 0.718 bits per heavy atom. The average molecular weight is 1190 g/mol. The van der Waals surface area contributed by atoms with Crippen LogP contribution in [0.3, 0.4) is 0 Å². The number of ether oxygens (including phenoxy) is 1. The molecule has 14 N–H and O–H groups in total. The summed E-state index contributed by atoms with van der Waals surface area (Å²) >= 11 is 0. The predicted molar refractivity (Wildman–Crippen MR) is 322 cm³/mol.